The highest BCUT2D eigenvalue weighted by molar-refractivity contribution is 6.30. The van der Waals surface area contributed by atoms with E-state index in [-0.39, 0.29) is 17.5 Å². The average Bonchev–Trinajstić information content (AvgIpc) is 3.36. The minimum absolute atomic E-state index is 0.145. The molecule has 1 amide bonds. The van der Waals surface area contributed by atoms with Gasteiger partial charge in [-0.05, 0) is 42.7 Å². The standard InChI is InChI=1S/C24H22ClN3O/c25-20-11-9-17(10-12-20)15-28-16-19(22-7-3-4-8-23(22)28)13-18(14-26)24(29)27-21-5-1-2-6-21/h3-4,7-13,16,21H,1-2,5-6,15H2,(H,27,29)/b18-13-. The molecule has 1 fully saturated rings. The summed E-state index contributed by atoms with van der Waals surface area (Å²) >= 11 is 5.99. The SMILES string of the molecule is N#C/C(=C/c1cn(Cc2ccc(Cl)cc2)c2ccccc12)C(=O)NC1CCCC1. The molecule has 1 heterocycles. The minimum Gasteiger partial charge on any atom is -0.349 e. The van der Waals surface area contributed by atoms with Crippen LogP contribution in [0.5, 0.6) is 0 Å². The molecule has 4 nitrogen and oxygen atoms in total. The van der Waals surface area contributed by atoms with Crippen molar-refractivity contribution in [1.29, 1.82) is 5.26 Å². The van der Waals surface area contributed by atoms with Gasteiger partial charge in [0.2, 0.25) is 0 Å². The largest absolute Gasteiger partial charge is 0.349 e. The third-order valence-electron chi connectivity index (χ3n) is 5.44. The Bertz CT molecular complexity index is 1100. The Kier molecular flexibility index (Phi) is 5.69. The second-order valence-corrected chi connectivity index (χ2v) is 7.92. The third kappa shape index (κ3) is 4.36. The maximum atomic E-state index is 12.6. The Hall–Kier alpha value is -3.03. The van der Waals surface area contributed by atoms with E-state index < -0.39 is 0 Å². The molecule has 0 bridgehead atoms. The van der Waals surface area contributed by atoms with Crippen molar-refractivity contribution < 1.29 is 4.79 Å². The maximum absolute atomic E-state index is 12.6. The predicted molar refractivity (Wildman–Crippen MR) is 116 cm³/mol. The van der Waals surface area contributed by atoms with E-state index in [0.29, 0.717) is 11.6 Å². The Morgan fingerprint density at radius 1 is 1.17 bits per heavy atom. The predicted octanol–water partition coefficient (Wildman–Crippen LogP) is 5.31. The molecule has 4 rings (SSSR count). The summed E-state index contributed by atoms with van der Waals surface area (Å²) < 4.78 is 2.13. The zero-order valence-corrected chi connectivity index (χ0v) is 16.8. The van der Waals surface area contributed by atoms with E-state index in [1.54, 1.807) is 6.08 Å². The Balaban J connectivity index is 1.65. The van der Waals surface area contributed by atoms with Crippen molar-refractivity contribution in [3.8, 4) is 6.07 Å². The van der Waals surface area contributed by atoms with Crippen molar-refractivity contribution in [1.82, 2.24) is 9.88 Å². The summed E-state index contributed by atoms with van der Waals surface area (Å²) in [5.74, 6) is -0.283. The zero-order valence-electron chi connectivity index (χ0n) is 16.1. The van der Waals surface area contributed by atoms with Gasteiger partial charge in [-0.3, -0.25) is 4.79 Å². The molecule has 3 aromatic rings. The molecular weight excluding hydrogens is 382 g/mol. The summed E-state index contributed by atoms with van der Waals surface area (Å²) in [6.45, 7) is 0.682. The second kappa shape index (κ2) is 8.55. The van der Waals surface area contributed by atoms with Gasteiger partial charge in [-0.15, -0.1) is 0 Å². The molecule has 0 unspecified atom stereocenters. The number of hydrogen-bond acceptors (Lipinski definition) is 2. The number of carbonyl (C=O) groups excluding carboxylic acids is 1. The van der Waals surface area contributed by atoms with Gasteiger partial charge in [0.05, 0.1) is 0 Å². The smallest absolute Gasteiger partial charge is 0.262 e. The van der Waals surface area contributed by atoms with E-state index in [4.69, 9.17) is 11.6 Å². The van der Waals surface area contributed by atoms with Crippen LogP contribution in [-0.2, 0) is 11.3 Å². The lowest BCUT2D eigenvalue weighted by Crippen LogP contribution is -2.33. The first kappa shape index (κ1) is 19.3. The lowest BCUT2D eigenvalue weighted by molar-refractivity contribution is -0.117. The molecule has 0 aliphatic heterocycles. The van der Waals surface area contributed by atoms with Crippen molar-refractivity contribution in [2.45, 2.75) is 38.3 Å². The van der Waals surface area contributed by atoms with Crippen LogP contribution in [0.25, 0.3) is 17.0 Å². The van der Waals surface area contributed by atoms with Crippen LogP contribution in [0, 0.1) is 11.3 Å². The number of amides is 1. The van der Waals surface area contributed by atoms with Crippen LogP contribution in [-0.4, -0.2) is 16.5 Å². The number of carbonyl (C=O) groups is 1. The van der Waals surface area contributed by atoms with Crippen molar-refractivity contribution in [2.24, 2.45) is 0 Å². The normalized spacial score (nSPS) is 14.8. The third-order valence-corrected chi connectivity index (χ3v) is 5.69. The van der Waals surface area contributed by atoms with E-state index in [0.717, 1.165) is 47.7 Å². The zero-order chi connectivity index (χ0) is 20.2. The molecule has 0 atom stereocenters. The quantitative estimate of drug-likeness (QED) is 0.463. The first-order valence-corrected chi connectivity index (χ1v) is 10.3. The van der Waals surface area contributed by atoms with Crippen LogP contribution in [0.15, 0.2) is 60.3 Å². The van der Waals surface area contributed by atoms with Crippen LogP contribution in [0.1, 0.15) is 36.8 Å². The number of benzene rings is 2. The lowest BCUT2D eigenvalue weighted by Gasteiger charge is -2.10. The number of nitriles is 1. The molecule has 0 radical (unpaired) electrons. The fourth-order valence-corrected chi connectivity index (χ4v) is 4.07. The number of para-hydroxylation sites is 1. The Morgan fingerprint density at radius 3 is 2.62 bits per heavy atom. The topological polar surface area (TPSA) is 57.8 Å². The summed E-state index contributed by atoms with van der Waals surface area (Å²) in [5.41, 5.74) is 3.20. The van der Waals surface area contributed by atoms with Crippen LogP contribution < -0.4 is 5.32 Å². The first-order valence-electron chi connectivity index (χ1n) is 9.89. The van der Waals surface area contributed by atoms with E-state index >= 15 is 0 Å². The molecule has 5 heteroatoms. The van der Waals surface area contributed by atoms with Gasteiger partial charge in [-0.25, -0.2) is 0 Å². The monoisotopic (exact) mass is 403 g/mol. The van der Waals surface area contributed by atoms with Gasteiger partial charge in [0.25, 0.3) is 5.91 Å². The van der Waals surface area contributed by atoms with E-state index in [9.17, 15) is 10.1 Å². The van der Waals surface area contributed by atoms with Crippen LogP contribution in [0.2, 0.25) is 5.02 Å². The lowest BCUT2D eigenvalue weighted by atomic mass is 10.1. The second-order valence-electron chi connectivity index (χ2n) is 7.48. The number of nitrogens with one attached hydrogen (secondary N) is 1. The number of nitrogens with zero attached hydrogens (tertiary/aromatic N) is 2. The van der Waals surface area contributed by atoms with Crippen molar-refractivity contribution in [3.63, 3.8) is 0 Å². The highest BCUT2D eigenvalue weighted by Gasteiger charge is 2.19. The fraction of sp³-hybridized carbons (Fsp3) is 0.250. The van der Waals surface area contributed by atoms with Gasteiger partial charge in [-0.2, -0.15) is 5.26 Å². The maximum Gasteiger partial charge on any atom is 0.262 e. The highest BCUT2D eigenvalue weighted by atomic mass is 35.5. The molecule has 0 saturated heterocycles. The molecule has 1 aromatic heterocycles. The van der Waals surface area contributed by atoms with E-state index in [1.807, 2.05) is 54.7 Å². The molecule has 1 N–H and O–H groups in total. The molecular formula is C24H22ClN3O. The summed E-state index contributed by atoms with van der Waals surface area (Å²) in [7, 11) is 0. The summed E-state index contributed by atoms with van der Waals surface area (Å²) in [6.07, 6.45) is 7.95. The summed E-state index contributed by atoms with van der Waals surface area (Å²) in [4.78, 5) is 12.6. The van der Waals surface area contributed by atoms with E-state index in [1.165, 1.54) is 0 Å². The minimum atomic E-state index is -0.283. The number of fused-ring (bicyclic) bond motifs is 1. The average molecular weight is 404 g/mol. The number of rotatable bonds is 5. The van der Waals surface area contributed by atoms with Gasteiger partial charge in [0.1, 0.15) is 11.6 Å². The van der Waals surface area contributed by atoms with Crippen molar-refractivity contribution in [3.05, 3.63) is 76.5 Å². The Morgan fingerprint density at radius 2 is 1.90 bits per heavy atom. The molecule has 1 saturated carbocycles. The van der Waals surface area contributed by atoms with Gasteiger partial charge in [-0.1, -0.05) is 54.8 Å². The van der Waals surface area contributed by atoms with Gasteiger partial charge < -0.3 is 9.88 Å². The summed E-state index contributed by atoms with van der Waals surface area (Å²) in [6, 6.07) is 18.1. The van der Waals surface area contributed by atoms with Gasteiger partial charge in [0, 0.05) is 40.3 Å². The first-order chi connectivity index (χ1) is 14.1. The highest BCUT2D eigenvalue weighted by Crippen LogP contribution is 2.25. The van der Waals surface area contributed by atoms with Gasteiger partial charge >= 0.3 is 0 Å². The molecule has 1 aliphatic rings. The Labute approximate surface area is 175 Å². The number of halogens is 1. The van der Waals surface area contributed by atoms with Crippen LogP contribution in [0.3, 0.4) is 0 Å². The van der Waals surface area contributed by atoms with Gasteiger partial charge in [0.15, 0.2) is 0 Å². The molecule has 1 aliphatic carbocycles. The number of hydrogen-bond donors (Lipinski definition) is 1. The van der Waals surface area contributed by atoms with Crippen LogP contribution >= 0.6 is 11.6 Å². The molecule has 2 aromatic carbocycles. The summed E-state index contributed by atoms with van der Waals surface area (Å²) in [5, 5.41) is 14.3. The van der Waals surface area contributed by atoms with Crippen molar-refractivity contribution >= 4 is 34.5 Å². The van der Waals surface area contributed by atoms with Crippen molar-refractivity contribution in [2.75, 3.05) is 0 Å². The molecule has 0 spiro atoms. The van der Waals surface area contributed by atoms with E-state index in [2.05, 4.69) is 16.0 Å². The molecule has 29 heavy (non-hydrogen) atoms. The molecule has 146 valence electrons. The number of aromatic nitrogens is 1. The van der Waals surface area contributed by atoms with Crippen LogP contribution in [0.4, 0.5) is 0 Å². The fourth-order valence-electron chi connectivity index (χ4n) is 3.94.